The quantitative estimate of drug-likeness (QED) is 0.830. The summed E-state index contributed by atoms with van der Waals surface area (Å²) in [4.78, 5) is 11.5. The van der Waals surface area contributed by atoms with Crippen molar-refractivity contribution in [3.8, 4) is 6.07 Å². The topological polar surface area (TPSA) is 78.9 Å². The van der Waals surface area contributed by atoms with Gasteiger partial charge in [-0.2, -0.15) is 5.26 Å². The molecular formula is C12H15N3OS. The number of nitrogens with zero attached hydrogens (tertiary/aromatic N) is 1. The van der Waals surface area contributed by atoms with E-state index >= 15 is 0 Å². The first kappa shape index (κ1) is 13.6. The first-order valence-electron chi connectivity index (χ1n) is 5.27. The van der Waals surface area contributed by atoms with Gasteiger partial charge in [-0.15, -0.1) is 11.8 Å². The molecule has 0 saturated carbocycles. The van der Waals surface area contributed by atoms with Crippen molar-refractivity contribution in [1.82, 2.24) is 0 Å². The molecule has 17 heavy (non-hydrogen) atoms. The third kappa shape index (κ3) is 4.89. The predicted octanol–water partition coefficient (Wildman–Crippen LogP) is 1.58. The number of nitriles is 1. The number of anilines is 1. The molecule has 0 spiro atoms. The van der Waals surface area contributed by atoms with E-state index in [9.17, 15) is 4.79 Å². The van der Waals surface area contributed by atoms with Crippen LogP contribution in [0.5, 0.6) is 0 Å². The zero-order valence-electron chi connectivity index (χ0n) is 9.64. The molecule has 1 aromatic carbocycles. The molecule has 5 heteroatoms. The van der Waals surface area contributed by atoms with Gasteiger partial charge in [0.05, 0.1) is 17.4 Å². The lowest BCUT2D eigenvalue weighted by Gasteiger charge is -2.08. The van der Waals surface area contributed by atoms with Crippen LogP contribution < -0.4 is 11.1 Å². The van der Waals surface area contributed by atoms with E-state index in [0.29, 0.717) is 23.5 Å². The highest BCUT2D eigenvalue weighted by Gasteiger charge is 2.06. The lowest BCUT2D eigenvalue weighted by Crippen LogP contribution is -2.19. The number of carbonyl (C=O) groups is 1. The van der Waals surface area contributed by atoms with Crippen molar-refractivity contribution in [3.05, 3.63) is 29.8 Å². The largest absolute Gasteiger partial charge is 0.329 e. The number of amides is 1. The van der Waals surface area contributed by atoms with Crippen molar-refractivity contribution in [2.75, 3.05) is 17.6 Å². The van der Waals surface area contributed by atoms with Crippen LogP contribution in [0.4, 0.5) is 5.69 Å². The third-order valence-electron chi connectivity index (χ3n) is 2.13. The van der Waals surface area contributed by atoms with Gasteiger partial charge in [-0.25, -0.2) is 0 Å². The van der Waals surface area contributed by atoms with Crippen LogP contribution in [0.2, 0.25) is 0 Å². The standard InChI is InChI=1S/C12H15N3OS/c1-9(6-13)17-8-12(16)15-11-4-2-10(7-14)3-5-11/h2-5,9H,6,8,13H2,1H3,(H,15,16). The molecule has 4 nitrogen and oxygen atoms in total. The molecule has 1 amide bonds. The van der Waals surface area contributed by atoms with Gasteiger partial charge >= 0.3 is 0 Å². The van der Waals surface area contributed by atoms with Crippen LogP contribution in [0.1, 0.15) is 12.5 Å². The number of nitrogens with two attached hydrogens (primary N) is 1. The van der Waals surface area contributed by atoms with Gasteiger partial charge in [-0.05, 0) is 24.3 Å². The normalized spacial score (nSPS) is 11.6. The molecule has 3 N–H and O–H groups in total. The lowest BCUT2D eigenvalue weighted by atomic mass is 10.2. The van der Waals surface area contributed by atoms with E-state index in [-0.39, 0.29) is 11.2 Å². The van der Waals surface area contributed by atoms with Crippen molar-refractivity contribution in [2.24, 2.45) is 5.73 Å². The fraction of sp³-hybridized carbons (Fsp3) is 0.333. The number of thioether (sulfide) groups is 1. The molecule has 1 rings (SSSR count). The van der Waals surface area contributed by atoms with Gasteiger partial charge in [0.2, 0.25) is 5.91 Å². The number of rotatable bonds is 5. The average Bonchev–Trinajstić information content (AvgIpc) is 2.36. The highest BCUT2D eigenvalue weighted by atomic mass is 32.2. The number of benzene rings is 1. The van der Waals surface area contributed by atoms with Crippen LogP contribution in [-0.2, 0) is 4.79 Å². The Labute approximate surface area is 105 Å². The Balaban J connectivity index is 2.43. The Morgan fingerprint density at radius 2 is 2.18 bits per heavy atom. The van der Waals surface area contributed by atoms with E-state index in [0.717, 1.165) is 0 Å². The van der Waals surface area contributed by atoms with Crippen LogP contribution >= 0.6 is 11.8 Å². The molecule has 1 atom stereocenters. The molecule has 0 heterocycles. The lowest BCUT2D eigenvalue weighted by molar-refractivity contribution is -0.113. The molecule has 90 valence electrons. The summed E-state index contributed by atoms with van der Waals surface area (Å²) >= 11 is 1.52. The molecule has 0 bridgehead atoms. The molecule has 1 unspecified atom stereocenters. The summed E-state index contributed by atoms with van der Waals surface area (Å²) in [6.07, 6.45) is 0. The van der Waals surface area contributed by atoms with Crippen LogP contribution in [0.3, 0.4) is 0 Å². The third-order valence-corrected chi connectivity index (χ3v) is 3.32. The summed E-state index contributed by atoms with van der Waals surface area (Å²) in [5.74, 6) is 0.332. The Hall–Kier alpha value is -1.51. The summed E-state index contributed by atoms with van der Waals surface area (Å²) in [5.41, 5.74) is 6.74. The minimum absolute atomic E-state index is 0.0555. The highest BCUT2D eigenvalue weighted by molar-refractivity contribution is 8.00. The minimum atomic E-state index is -0.0555. The van der Waals surface area contributed by atoms with Gasteiger partial charge in [-0.3, -0.25) is 4.79 Å². The number of hydrogen-bond donors (Lipinski definition) is 2. The van der Waals surface area contributed by atoms with Gasteiger partial charge in [0.15, 0.2) is 0 Å². The smallest absolute Gasteiger partial charge is 0.234 e. The summed E-state index contributed by atoms with van der Waals surface area (Å²) < 4.78 is 0. The van der Waals surface area contributed by atoms with Crippen molar-refractivity contribution >= 4 is 23.4 Å². The van der Waals surface area contributed by atoms with Crippen LogP contribution in [0.25, 0.3) is 0 Å². The summed E-state index contributed by atoms with van der Waals surface area (Å²) in [6.45, 7) is 2.55. The fourth-order valence-electron chi connectivity index (χ4n) is 1.11. The van der Waals surface area contributed by atoms with E-state index in [2.05, 4.69) is 5.32 Å². The molecule has 0 aliphatic rings. The molecule has 0 aliphatic heterocycles. The summed E-state index contributed by atoms with van der Waals surface area (Å²) in [6, 6.07) is 8.80. The fourth-order valence-corrected chi connectivity index (χ4v) is 1.76. The maximum Gasteiger partial charge on any atom is 0.234 e. The van der Waals surface area contributed by atoms with Gasteiger partial charge in [0.25, 0.3) is 0 Å². The zero-order chi connectivity index (χ0) is 12.7. The van der Waals surface area contributed by atoms with Crippen molar-refractivity contribution in [2.45, 2.75) is 12.2 Å². The Kier molecular flexibility index (Phi) is 5.53. The molecule has 1 aromatic rings. The van der Waals surface area contributed by atoms with E-state index in [1.54, 1.807) is 24.3 Å². The molecule has 0 fully saturated rings. The van der Waals surface area contributed by atoms with Crippen LogP contribution in [0.15, 0.2) is 24.3 Å². The van der Waals surface area contributed by atoms with Crippen LogP contribution in [-0.4, -0.2) is 23.5 Å². The molecule has 0 aromatic heterocycles. The van der Waals surface area contributed by atoms with E-state index < -0.39 is 0 Å². The zero-order valence-corrected chi connectivity index (χ0v) is 10.5. The monoisotopic (exact) mass is 249 g/mol. The average molecular weight is 249 g/mol. The maximum absolute atomic E-state index is 11.5. The number of nitrogens with one attached hydrogen (secondary N) is 1. The minimum Gasteiger partial charge on any atom is -0.329 e. The highest BCUT2D eigenvalue weighted by Crippen LogP contribution is 2.12. The Bertz CT molecular complexity index is 411. The second-order valence-electron chi connectivity index (χ2n) is 3.59. The summed E-state index contributed by atoms with van der Waals surface area (Å²) in [5, 5.41) is 11.7. The Morgan fingerprint density at radius 3 is 2.71 bits per heavy atom. The number of carbonyl (C=O) groups excluding carboxylic acids is 1. The molecule has 0 saturated heterocycles. The van der Waals surface area contributed by atoms with Crippen LogP contribution in [0, 0.1) is 11.3 Å². The van der Waals surface area contributed by atoms with Gasteiger partial charge in [-0.1, -0.05) is 6.92 Å². The van der Waals surface area contributed by atoms with E-state index in [1.807, 2.05) is 13.0 Å². The van der Waals surface area contributed by atoms with Crippen molar-refractivity contribution in [1.29, 1.82) is 5.26 Å². The SMILES string of the molecule is CC(CN)SCC(=O)Nc1ccc(C#N)cc1. The molecule has 0 radical (unpaired) electrons. The van der Waals surface area contributed by atoms with E-state index in [1.165, 1.54) is 11.8 Å². The predicted molar refractivity (Wildman–Crippen MR) is 70.8 cm³/mol. The molecule has 0 aliphatic carbocycles. The van der Waals surface area contributed by atoms with E-state index in [4.69, 9.17) is 11.0 Å². The first-order valence-corrected chi connectivity index (χ1v) is 6.32. The second kappa shape index (κ2) is 6.94. The van der Waals surface area contributed by atoms with Crippen molar-refractivity contribution in [3.63, 3.8) is 0 Å². The summed E-state index contributed by atoms with van der Waals surface area (Å²) in [7, 11) is 0. The van der Waals surface area contributed by atoms with Gasteiger partial charge in [0.1, 0.15) is 0 Å². The number of hydrogen-bond acceptors (Lipinski definition) is 4. The first-order chi connectivity index (χ1) is 8.15. The van der Waals surface area contributed by atoms with Crippen molar-refractivity contribution < 1.29 is 4.79 Å². The maximum atomic E-state index is 11.5. The second-order valence-corrected chi connectivity index (χ2v) is 5.02. The van der Waals surface area contributed by atoms with Gasteiger partial charge < -0.3 is 11.1 Å². The van der Waals surface area contributed by atoms with Gasteiger partial charge in [0, 0.05) is 17.5 Å². The Morgan fingerprint density at radius 1 is 1.53 bits per heavy atom. The molecular weight excluding hydrogens is 234 g/mol.